The molecule has 2 aromatic heterocycles. The van der Waals surface area contributed by atoms with Gasteiger partial charge in [0.05, 0.1) is 29.4 Å². The molecule has 0 atom stereocenters. The van der Waals surface area contributed by atoms with E-state index >= 15 is 0 Å². The highest BCUT2D eigenvalue weighted by Crippen LogP contribution is 2.28. The van der Waals surface area contributed by atoms with Crippen molar-refractivity contribution < 1.29 is 13.9 Å². The number of aryl methyl sites for hydroxylation is 2. The summed E-state index contributed by atoms with van der Waals surface area (Å²) in [5, 5.41) is 5.18. The largest absolute Gasteiger partial charge is 0.494 e. The molecule has 158 valence electrons. The van der Waals surface area contributed by atoms with Gasteiger partial charge in [-0.3, -0.25) is 9.48 Å². The zero-order chi connectivity index (χ0) is 22.1. The molecule has 0 saturated heterocycles. The number of nitrogens with zero attached hydrogens (tertiary/aromatic N) is 4. The summed E-state index contributed by atoms with van der Waals surface area (Å²) in [6, 6.07) is 16.2. The van der Waals surface area contributed by atoms with E-state index in [1.807, 2.05) is 44.3 Å². The normalized spacial score (nSPS) is 11.0. The van der Waals surface area contributed by atoms with Gasteiger partial charge in [-0.05, 0) is 30.7 Å². The third kappa shape index (κ3) is 3.86. The number of carbonyl (C=O) groups is 1. The van der Waals surface area contributed by atoms with E-state index in [0.29, 0.717) is 22.5 Å². The molecule has 6 nitrogen and oxygen atoms in total. The van der Waals surface area contributed by atoms with Crippen molar-refractivity contribution in [2.75, 3.05) is 14.2 Å². The van der Waals surface area contributed by atoms with E-state index in [-0.39, 0.29) is 18.2 Å². The molecular formula is C24H23FN4O2. The van der Waals surface area contributed by atoms with E-state index < -0.39 is 5.82 Å². The zero-order valence-corrected chi connectivity index (χ0v) is 17.9. The zero-order valence-electron chi connectivity index (χ0n) is 17.9. The number of amides is 1. The Labute approximate surface area is 179 Å². The van der Waals surface area contributed by atoms with Crippen LogP contribution in [0.25, 0.3) is 22.3 Å². The number of halogens is 1. The first-order valence-electron chi connectivity index (χ1n) is 9.86. The lowest BCUT2D eigenvalue weighted by Gasteiger charge is -2.19. The minimum absolute atomic E-state index is 0.173. The fraction of sp³-hybridized carbons (Fsp3) is 0.208. The number of carbonyl (C=O) groups excluding carboxylic acids is 1. The third-order valence-corrected chi connectivity index (χ3v) is 5.25. The summed E-state index contributed by atoms with van der Waals surface area (Å²) >= 11 is 0. The number of hydrogen-bond acceptors (Lipinski definition) is 4. The summed E-state index contributed by atoms with van der Waals surface area (Å²) in [4.78, 5) is 19.8. The lowest BCUT2D eigenvalue weighted by Crippen LogP contribution is -2.26. The molecule has 0 fully saturated rings. The third-order valence-electron chi connectivity index (χ3n) is 5.25. The fourth-order valence-corrected chi connectivity index (χ4v) is 3.73. The van der Waals surface area contributed by atoms with Gasteiger partial charge in [-0.2, -0.15) is 5.10 Å². The minimum Gasteiger partial charge on any atom is -0.494 e. The summed E-state index contributed by atoms with van der Waals surface area (Å²) in [7, 11) is 4.93. The van der Waals surface area contributed by atoms with E-state index in [1.54, 1.807) is 34.8 Å². The molecule has 0 saturated carbocycles. The van der Waals surface area contributed by atoms with Crippen LogP contribution in [-0.4, -0.2) is 39.7 Å². The molecule has 0 aliphatic carbocycles. The lowest BCUT2D eigenvalue weighted by molar-refractivity contribution is 0.0787. The molecular weight excluding hydrogens is 395 g/mol. The van der Waals surface area contributed by atoms with Crippen LogP contribution >= 0.6 is 0 Å². The molecule has 1 amide bonds. The monoisotopic (exact) mass is 418 g/mol. The Morgan fingerprint density at radius 1 is 1.16 bits per heavy atom. The molecule has 0 bridgehead atoms. The van der Waals surface area contributed by atoms with Gasteiger partial charge in [0.15, 0.2) is 17.2 Å². The summed E-state index contributed by atoms with van der Waals surface area (Å²) < 4.78 is 20.7. The van der Waals surface area contributed by atoms with E-state index in [4.69, 9.17) is 9.72 Å². The van der Waals surface area contributed by atoms with Crippen LogP contribution in [0, 0.1) is 12.7 Å². The highest BCUT2D eigenvalue weighted by Gasteiger charge is 2.22. The summed E-state index contributed by atoms with van der Waals surface area (Å²) in [6.45, 7) is 2.12. The number of benzene rings is 2. The van der Waals surface area contributed by atoms with Crippen LogP contribution in [0.15, 0.2) is 54.6 Å². The fourth-order valence-electron chi connectivity index (χ4n) is 3.73. The van der Waals surface area contributed by atoms with Crippen molar-refractivity contribution in [2.45, 2.75) is 13.5 Å². The number of methoxy groups -OCH3 is 1. The Kier molecular flexibility index (Phi) is 5.42. The SMILES string of the molecule is COc1ccc(CN(C)C(=O)c2cc(-c3ccccc3)nc3c2c(C)nn3C)cc1F. The quantitative estimate of drug-likeness (QED) is 0.483. The van der Waals surface area contributed by atoms with Gasteiger partial charge in [-0.25, -0.2) is 9.37 Å². The molecule has 0 radical (unpaired) electrons. The van der Waals surface area contributed by atoms with Gasteiger partial charge in [0.1, 0.15) is 0 Å². The van der Waals surface area contributed by atoms with Crippen LogP contribution in [-0.2, 0) is 13.6 Å². The van der Waals surface area contributed by atoms with Crippen molar-refractivity contribution in [3.63, 3.8) is 0 Å². The second-order valence-electron chi connectivity index (χ2n) is 7.46. The molecule has 4 aromatic rings. The average Bonchev–Trinajstić information content (AvgIpc) is 3.07. The van der Waals surface area contributed by atoms with Gasteiger partial charge in [-0.1, -0.05) is 36.4 Å². The molecule has 0 aliphatic heterocycles. The average molecular weight is 418 g/mol. The van der Waals surface area contributed by atoms with Gasteiger partial charge in [-0.15, -0.1) is 0 Å². The Hall–Kier alpha value is -3.74. The van der Waals surface area contributed by atoms with E-state index in [1.165, 1.54) is 13.2 Å². The maximum Gasteiger partial charge on any atom is 0.254 e. The van der Waals surface area contributed by atoms with Crippen molar-refractivity contribution in [1.82, 2.24) is 19.7 Å². The number of aromatic nitrogens is 3. The van der Waals surface area contributed by atoms with E-state index in [0.717, 1.165) is 16.6 Å². The summed E-state index contributed by atoms with van der Waals surface area (Å²) in [6.07, 6.45) is 0. The lowest BCUT2D eigenvalue weighted by atomic mass is 10.0. The maximum absolute atomic E-state index is 14.1. The van der Waals surface area contributed by atoms with Crippen LogP contribution in [0.1, 0.15) is 21.6 Å². The molecule has 31 heavy (non-hydrogen) atoms. The molecule has 0 spiro atoms. The first kappa shape index (κ1) is 20.5. The first-order valence-corrected chi connectivity index (χ1v) is 9.86. The second-order valence-corrected chi connectivity index (χ2v) is 7.46. The second kappa shape index (κ2) is 8.18. The Morgan fingerprint density at radius 3 is 2.58 bits per heavy atom. The maximum atomic E-state index is 14.1. The van der Waals surface area contributed by atoms with Gasteiger partial charge in [0.2, 0.25) is 0 Å². The number of rotatable bonds is 5. The summed E-state index contributed by atoms with van der Waals surface area (Å²) in [5.74, 6) is -0.467. The molecule has 2 aromatic carbocycles. The van der Waals surface area contributed by atoms with Crippen molar-refractivity contribution in [3.8, 4) is 17.0 Å². The van der Waals surface area contributed by atoms with Crippen LogP contribution in [0.5, 0.6) is 5.75 Å². The van der Waals surface area contributed by atoms with Crippen LogP contribution in [0.4, 0.5) is 4.39 Å². The Morgan fingerprint density at radius 2 is 1.90 bits per heavy atom. The number of fused-ring (bicyclic) bond motifs is 1. The molecule has 0 aliphatic rings. The van der Waals surface area contributed by atoms with Crippen molar-refractivity contribution in [1.29, 1.82) is 0 Å². The van der Waals surface area contributed by atoms with Crippen molar-refractivity contribution in [2.24, 2.45) is 7.05 Å². The molecule has 4 rings (SSSR count). The number of ether oxygens (including phenoxy) is 1. The summed E-state index contributed by atoms with van der Waals surface area (Å²) in [5.41, 5.74) is 4.18. The van der Waals surface area contributed by atoms with Gasteiger partial charge >= 0.3 is 0 Å². The van der Waals surface area contributed by atoms with E-state index in [9.17, 15) is 9.18 Å². The van der Waals surface area contributed by atoms with Gasteiger partial charge < -0.3 is 9.64 Å². The van der Waals surface area contributed by atoms with Crippen LogP contribution in [0.2, 0.25) is 0 Å². The minimum atomic E-state index is -0.457. The number of pyridine rings is 1. The van der Waals surface area contributed by atoms with E-state index in [2.05, 4.69) is 5.10 Å². The topological polar surface area (TPSA) is 60.2 Å². The number of hydrogen-bond donors (Lipinski definition) is 0. The van der Waals surface area contributed by atoms with Crippen molar-refractivity contribution >= 4 is 16.9 Å². The predicted molar refractivity (Wildman–Crippen MR) is 117 cm³/mol. The predicted octanol–water partition coefficient (Wildman–Crippen LogP) is 4.36. The standard InChI is InChI=1S/C24H23FN4O2/c1-15-22-18(24(30)28(2)14-16-10-11-21(31-4)19(25)12-16)13-20(17-8-6-5-7-9-17)26-23(22)29(3)27-15/h5-13H,14H2,1-4H3. The molecule has 0 unspecified atom stereocenters. The Bertz CT molecular complexity index is 1270. The van der Waals surface area contributed by atoms with Gasteiger partial charge in [0, 0.05) is 26.2 Å². The molecule has 2 heterocycles. The van der Waals surface area contributed by atoms with Crippen molar-refractivity contribution in [3.05, 3.63) is 77.2 Å². The van der Waals surface area contributed by atoms with Gasteiger partial charge in [0.25, 0.3) is 5.91 Å². The molecule has 0 N–H and O–H groups in total. The highest BCUT2D eigenvalue weighted by molar-refractivity contribution is 6.07. The highest BCUT2D eigenvalue weighted by atomic mass is 19.1. The smallest absolute Gasteiger partial charge is 0.254 e. The van der Waals surface area contributed by atoms with Crippen LogP contribution in [0.3, 0.4) is 0 Å². The first-order chi connectivity index (χ1) is 14.9. The molecule has 7 heteroatoms. The Balaban J connectivity index is 1.75. The van der Waals surface area contributed by atoms with Crippen LogP contribution < -0.4 is 4.74 Å².